The zero-order chi connectivity index (χ0) is 13.3. The van der Waals surface area contributed by atoms with Crippen LogP contribution >= 0.6 is 0 Å². The number of nitrogens with zero attached hydrogens (tertiary/aromatic N) is 2. The molecule has 1 aliphatic rings. The Morgan fingerprint density at radius 3 is 2.79 bits per heavy atom. The molecule has 0 unspecified atom stereocenters. The lowest BCUT2D eigenvalue weighted by atomic mass is 10.3. The molecule has 1 fully saturated rings. The number of carbonyl (C=O) groups is 1. The van der Waals surface area contributed by atoms with Crippen LogP contribution in [-0.2, 0) is 4.74 Å². The van der Waals surface area contributed by atoms with Crippen LogP contribution in [0, 0.1) is 0 Å². The summed E-state index contributed by atoms with van der Waals surface area (Å²) in [6.45, 7) is 5.28. The number of hydrogen-bond donors (Lipinski definition) is 2. The highest BCUT2D eigenvalue weighted by Crippen LogP contribution is 2.02. The van der Waals surface area contributed by atoms with Crippen LogP contribution in [0.5, 0.6) is 0 Å². The van der Waals surface area contributed by atoms with Crippen molar-refractivity contribution in [1.29, 1.82) is 0 Å². The molecular weight excluding hydrogens is 244 g/mol. The summed E-state index contributed by atoms with van der Waals surface area (Å²) < 4.78 is 5.28. The lowest BCUT2D eigenvalue weighted by molar-refractivity contribution is 0.0375. The van der Waals surface area contributed by atoms with Crippen LogP contribution in [0.15, 0.2) is 24.5 Å². The molecule has 6 heteroatoms. The Morgan fingerprint density at radius 2 is 2.05 bits per heavy atom. The summed E-state index contributed by atoms with van der Waals surface area (Å²) in [7, 11) is 0. The number of pyridine rings is 1. The van der Waals surface area contributed by atoms with Gasteiger partial charge in [0, 0.05) is 37.7 Å². The predicted molar refractivity (Wildman–Crippen MR) is 73.1 cm³/mol. The molecule has 1 aromatic rings. The van der Waals surface area contributed by atoms with Crippen LogP contribution in [0.25, 0.3) is 0 Å². The molecule has 0 atom stereocenters. The van der Waals surface area contributed by atoms with Gasteiger partial charge in [0.15, 0.2) is 0 Å². The van der Waals surface area contributed by atoms with Gasteiger partial charge in [-0.3, -0.25) is 9.88 Å². The van der Waals surface area contributed by atoms with Crippen LogP contribution in [0.3, 0.4) is 0 Å². The van der Waals surface area contributed by atoms with E-state index in [1.54, 1.807) is 24.5 Å². The zero-order valence-electron chi connectivity index (χ0n) is 11.0. The molecule has 1 saturated heterocycles. The summed E-state index contributed by atoms with van der Waals surface area (Å²) in [6.07, 6.45) is 4.24. The number of rotatable bonds is 5. The maximum Gasteiger partial charge on any atom is 0.319 e. The summed E-state index contributed by atoms with van der Waals surface area (Å²) in [5.74, 6) is 0. The third kappa shape index (κ3) is 5.23. The van der Waals surface area contributed by atoms with Crippen molar-refractivity contribution in [3.8, 4) is 0 Å². The number of carbonyl (C=O) groups excluding carboxylic acids is 1. The SMILES string of the molecule is O=C(NCCCN1CCOCC1)Nc1ccncc1. The van der Waals surface area contributed by atoms with Crippen LogP contribution < -0.4 is 10.6 Å². The van der Waals surface area contributed by atoms with Crippen molar-refractivity contribution in [2.24, 2.45) is 0 Å². The number of anilines is 1. The maximum absolute atomic E-state index is 11.6. The molecule has 0 saturated carbocycles. The van der Waals surface area contributed by atoms with Crippen LogP contribution in [0.2, 0.25) is 0 Å². The van der Waals surface area contributed by atoms with Gasteiger partial charge in [-0.05, 0) is 25.1 Å². The summed E-state index contributed by atoms with van der Waals surface area (Å²) in [5.41, 5.74) is 0.751. The molecule has 6 nitrogen and oxygen atoms in total. The fourth-order valence-electron chi connectivity index (χ4n) is 1.94. The quantitative estimate of drug-likeness (QED) is 0.776. The van der Waals surface area contributed by atoms with E-state index in [0.29, 0.717) is 6.54 Å². The number of aromatic nitrogens is 1. The van der Waals surface area contributed by atoms with Gasteiger partial charge in [0.05, 0.1) is 13.2 Å². The molecule has 0 bridgehead atoms. The van der Waals surface area contributed by atoms with Gasteiger partial charge in [-0.25, -0.2) is 4.79 Å². The lowest BCUT2D eigenvalue weighted by Gasteiger charge is -2.26. The van der Waals surface area contributed by atoms with Crippen molar-refractivity contribution >= 4 is 11.7 Å². The first-order chi connectivity index (χ1) is 9.34. The third-order valence-electron chi connectivity index (χ3n) is 2.98. The molecule has 19 heavy (non-hydrogen) atoms. The first kappa shape index (κ1) is 13.8. The number of nitrogens with one attached hydrogen (secondary N) is 2. The van der Waals surface area contributed by atoms with Crippen molar-refractivity contribution in [2.45, 2.75) is 6.42 Å². The van der Waals surface area contributed by atoms with Crippen molar-refractivity contribution in [2.75, 3.05) is 44.7 Å². The normalized spacial score (nSPS) is 16.0. The second-order valence-electron chi connectivity index (χ2n) is 4.42. The van der Waals surface area contributed by atoms with Crippen LogP contribution in [0.4, 0.5) is 10.5 Å². The number of hydrogen-bond acceptors (Lipinski definition) is 4. The Morgan fingerprint density at radius 1 is 1.32 bits per heavy atom. The fourth-order valence-corrected chi connectivity index (χ4v) is 1.94. The molecule has 0 aromatic carbocycles. The topological polar surface area (TPSA) is 66.5 Å². The lowest BCUT2D eigenvalue weighted by Crippen LogP contribution is -2.38. The van der Waals surface area contributed by atoms with E-state index < -0.39 is 0 Å². The smallest absolute Gasteiger partial charge is 0.319 e. The monoisotopic (exact) mass is 264 g/mol. The Balaban J connectivity index is 1.56. The number of urea groups is 1. The van der Waals surface area contributed by atoms with E-state index in [1.165, 1.54) is 0 Å². The maximum atomic E-state index is 11.6. The van der Waals surface area contributed by atoms with E-state index in [0.717, 1.165) is 45.0 Å². The molecule has 0 radical (unpaired) electrons. The largest absolute Gasteiger partial charge is 0.379 e. The highest BCUT2D eigenvalue weighted by molar-refractivity contribution is 5.88. The van der Waals surface area contributed by atoms with Crippen LogP contribution in [0.1, 0.15) is 6.42 Å². The van der Waals surface area contributed by atoms with Crippen molar-refractivity contribution in [3.63, 3.8) is 0 Å². The molecule has 1 aliphatic heterocycles. The van der Waals surface area contributed by atoms with E-state index in [-0.39, 0.29) is 6.03 Å². The molecule has 0 spiro atoms. The number of morpholine rings is 1. The van der Waals surface area contributed by atoms with Gasteiger partial charge in [0.25, 0.3) is 0 Å². The molecular formula is C13H20N4O2. The second-order valence-corrected chi connectivity index (χ2v) is 4.42. The molecule has 2 rings (SSSR count). The van der Waals surface area contributed by atoms with E-state index in [9.17, 15) is 4.79 Å². The standard InChI is InChI=1S/C13H20N4O2/c18-13(16-12-2-5-14-6-3-12)15-4-1-7-17-8-10-19-11-9-17/h2-3,5-6H,1,4,7-11H2,(H2,14,15,16,18). The zero-order valence-corrected chi connectivity index (χ0v) is 11.0. The Labute approximate surface area is 113 Å². The van der Waals surface area contributed by atoms with Gasteiger partial charge in [-0.1, -0.05) is 0 Å². The van der Waals surface area contributed by atoms with Crippen LogP contribution in [-0.4, -0.2) is 55.3 Å². The van der Waals surface area contributed by atoms with Gasteiger partial charge in [-0.2, -0.15) is 0 Å². The summed E-state index contributed by atoms with van der Waals surface area (Å²) in [6, 6.07) is 3.34. The fraction of sp³-hybridized carbons (Fsp3) is 0.538. The molecule has 2 amide bonds. The minimum absolute atomic E-state index is 0.173. The first-order valence-electron chi connectivity index (χ1n) is 6.59. The van der Waals surface area contributed by atoms with Crippen molar-refractivity contribution in [1.82, 2.24) is 15.2 Å². The second kappa shape index (κ2) is 7.70. The van der Waals surface area contributed by atoms with E-state index in [4.69, 9.17) is 4.74 Å². The van der Waals surface area contributed by atoms with E-state index in [2.05, 4.69) is 20.5 Å². The molecule has 104 valence electrons. The van der Waals surface area contributed by atoms with Gasteiger partial charge in [0.2, 0.25) is 0 Å². The number of amides is 2. The third-order valence-corrected chi connectivity index (χ3v) is 2.98. The van der Waals surface area contributed by atoms with Gasteiger partial charge < -0.3 is 15.4 Å². The number of ether oxygens (including phenoxy) is 1. The Bertz CT molecular complexity index is 379. The van der Waals surface area contributed by atoms with E-state index >= 15 is 0 Å². The van der Waals surface area contributed by atoms with Gasteiger partial charge >= 0.3 is 6.03 Å². The average molecular weight is 264 g/mol. The molecule has 2 heterocycles. The Kier molecular flexibility index (Phi) is 5.58. The highest BCUT2D eigenvalue weighted by Gasteiger charge is 2.09. The minimum Gasteiger partial charge on any atom is -0.379 e. The molecule has 0 aliphatic carbocycles. The molecule has 1 aromatic heterocycles. The van der Waals surface area contributed by atoms with Gasteiger partial charge in [0.1, 0.15) is 0 Å². The first-order valence-corrected chi connectivity index (χ1v) is 6.59. The summed E-state index contributed by atoms with van der Waals surface area (Å²) in [5, 5.41) is 5.60. The summed E-state index contributed by atoms with van der Waals surface area (Å²) in [4.78, 5) is 17.8. The Hall–Kier alpha value is -1.66. The highest BCUT2D eigenvalue weighted by atomic mass is 16.5. The minimum atomic E-state index is -0.173. The summed E-state index contributed by atoms with van der Waals surface area (Å²) >= 11 is 0. The average Bonchev–Trinajstić information content (AvgIpc) is 2.46. The van der Waals surface area contributed by atoms with Crippen molar-refractivity contribution < 1.29 is 9.53 Å². The van der Waals surface area contributed by atoms with Crippen molar-refractivity contribution in [3.05, 3.63) is 24.5 Å². The van der Waals surface area contributed by atoms with E-state index in [1.807, 2.05) is 0 Å². The predicted octanol–water partition coefficient (Wildman–Crippen LogP) is 0.925. The molecule has 2 N–H and O–H groups in total. The van der Waals surface area contributed by atoms with Gasteiger partial charge in [-0.15, -0.1) is 0 Å².